The molecule has 0 aliphatic heterocycles. The molecule has 0 aliphatic carbocycles. The van der Waals surface area contributed by atoms with E-state index in [1.165, 1.54) is 25.1 Å². The summed E-state index contributed by atoms with van der Waals surface area (Å²) in [6, 6.07) is 5.18. The fraction of sp³-hybridized carbons (Fsp3) is 0.250. The predicted octanol–water partition coefficient (Wildman–Crippen LogP) is 1.06. The zero-order chi connectivity index (χ0) is 13.1. The van der Waals surface area contributed by atoms with Crippen molar-refractivity contribution in [1.29, 1.82) is 0 Å². The van der Waals surface area contributed by atoms with E-state index in [9.17, 15) is 4.79 Å². The van der Waals surface area contributed by atoms with E-state index in [2.05, 4.69) is 10.3 Å². The van der Waals surface area contributed by atoms with Crippen LogP contribution in [0.25, 0.3) is 0 Å². The second-order valence-electron chi connectivity index (χ2n) is 3.61. The maximum atomic E-state index is 12.4. The second-order valence-corrected chi connectivity index (χ2v) is 3.61. The zero-order valence-electron chi connectivity index (χ0n) is 10.4. The summed E-state index contributed by atoms with van der Waals surface area (Å²) in [5, 5.41) is 7.43. The Morgan fingerprint density at radius 3 is 2.28 bits per heavy atom. The van der Waals surface area contributed by atoms with E-state index in [1.54, 1.807) is 25.2 Å². The molecule has 0 saturated carbocycles. The molecule has 2 rings (SSSR count). The monoisotopic (exact) mass is 247 g/mol. The third-order valence-electron chi connectivity index (χ3n) is 2.60. The van der Waals surface area contributed by atoms with Gasteiger partial charge in [0.25, 0.3) is 0 Å². The van der Waals surface area contributed by atoms with Crippen molar-refractivity contribution in [1.82, 2.24) is 15.0 Å². The number of ketones is 1. The van der Waals surface area contributed by atoms with Crippen LogP contribution in [0.3, 0.4) is 0 Å². The first-order valence-corrected chi connectivity index (χ1v) is 5.29. The molecule has 0 amide bonds. The molecule has 0 fully saturated rings. The maximum Gasteiger partial charge on any atom is 0.220 e. The largest absolute Gasteiger partial charge is 0.496 e. The average Bonchev–Trinajstić information content (AvgIpc) is 2.83. The van der Waals surface area contributed by atoms with E-state index >= 15 is 0 Å². The van der Waals surface area contributed by atoms with Gasteiger partial charge in [0.15, 0.2) is 0 Å². The van der Waals surface area contributed by atoms with Crippen LogP contribution >= 0.6 is 0 Å². The van der Waals surface area contributed by atoms with Crippen molar-refractivity contribution in [2.75, 3.05) is 14.2 Å². The van der Waals surface area contributed by atoms with Gasteiger partial charge in [0.2, 0.25) is 5.78 Å². The van der Waals surface area contributed by atoms with E-state index in [1.807, 2.05) is 0 Å². The molecule has 0 N–H and O–H groups in total. The average molecular weight is 247 g/mol. The van der Waals surface area contributed by atoms with Gasteiger partial charge in [-0.15, -0.1) is 5.10 Å². The van der Waals surface area contributed by atoms with E-state index in [0.717, 1.165) is 0 Å². The SMILES string of the molecule is COc1cccc(OC)c1C(=O)c1cnnn1C. The van der Waals surface area contributed by atoms with Gasteiger partial charge >= 0.3 is 0 Å². The Morgan fingerprint density at radius 2 is 1.83 bits per heavy atom. The highest BCUT2D eigenvalue weighted by Gasteiger charge is 2.22. The molecular weight excluding hydrogens is 234 g/mol. The molecule has 1 aromatic heterocycles. The quantitative estimate of drug-likeness (QED) is 0.756. The highest BCUT2D eigenvalue weighted by atomic mass is 16.5. The van der Waals surface area contributed by atoms with Gasteiger partial charge in [0, 0.05) is 7.05 Å². The Kier molecular flexibility index (Phi) is 3.27. The zero-order valence-corrected chi connectivity index (χ0v) is 10.4. The van der Waals surface area contributed by atoms with Crippen LogP contribution in [-0.4, -0.2) is 35.0 Å². The minimum Gasteiger partial charge on any atom is -0.496 e. The van der Waals surface area contributed by atoms with Crippen LogP contribution in [0.1, 0.15) is 16.1 Å². The molecule has 6 heteroatoms. The molecule has 1 aromatic carbocycles. The van der Waals surface area contributed by atoms with Crippen molar-refractivity contribution in [2.24, 2.45) is 7.05 Å². The van der Waals surface area contributed by atoms with Gasteiger partial charge in [-0.3, -0.25) is 4.79 Å². The van der Waals surface area contributed by atoms with Crippen molar-refractivity contribution >= 4 is 5.78 Å². The number of benzene rings is 1. The number of methoxy groups -OCH3 is 2. The van der Waals surface area contributed by atoms with Crippen LogP contribution in [0.4, 0.5) is 0 Å². The van der Waals surface area contributed by atoms with Gasteiger partial charge in [-0.25, -0.2) is 4.68 Å². The molecule has 0 atom stereocenters. The second kappa shape index (κ2) is 4.87. The van der Waals surface area contributed by atoms with Gasteiger partial charge in [0.1, 0.15) is 22.8 Å². The van der Waals surface area contributed by atoms with Gasteiger partial charge in [-0.2, -0.15) is 0 Å². The van der Waals surface area contributed by atoms with Crippen molar-refractivity contribution < 1.29 is 14.3 Å². The number of aromatic nitrogens is 3. The first kappa shape index (κ1) is 12.1. The number of hydrogen-bond donors (Lipinski definition) is 0. The summed E-state index contributed by atoms with van der Waals surface area (Å²) in [5.74, 6) is 0.679. The van der Waals surface area contributed by atoms with Gasteiger partial charge < -0.3 is 9.47 Å². The number of ether oxygens (including phenoxy) is 2. The third-order valence-corrected chi connectivity index (χ3v) is 2.60. The molecule has 1 heterocycles. The molecule has 0 saturated heterocycles. The highest BCUT2D eigenvalue weighted by molar-refractivity contribution is 6.11. The summed E-state index contributed by atoms with van der Waals surface area (Å²) >= 11 is 0. The number of hydrogen-bond acceptors (Lipinski definition) is 5. The molecule has 0 radical (unpaired) electrons. The van der Waals surface area contributed by atoms with E-state index < -0.39 is 0 Å². The normalized spacial score (nSPS) is 10.2. The molecule has 0 bridgehead atoms. The van der Waals surface area contributed by atoms with Crippen LogP contribution in [0.5, 0.6) is 11.5 Å². The molecule has 0 spiro atoms. The van der Waals surface area contributed by atoms with Gasteiger partial charge in [0.05, 0.1) is 20.4 Å². The van der Waals surface area contributed by atoms with Crippen LogP contribution in [0.15, 0.2) is 24.4 Å². The predicted molar refractivity (Wildman–Crippen MR) is 64.0 cm³/mol. The number of rotatable bonds is 4. The van der Waals surface area contributed by atoms with Crippen molar-refractivity contribution in [2.45, 2.75) is 0 Å². The standard InChI is InChI=1S/C12H13N3O3/c1-15-8(7-13-14-15)12(16)11-9(17-2)5-4-6-10(11)18-3/h4-7H,1-3H3. The summed E-state index contributed by atoms with van der Waals surface area (Å²) in [6.07, 6.45) is 1.41. The van der Waals surface area contributed by atoms with E-state index in [0.29, 0.717) is 22.8 Å². The van der Waals surface area contributed by atoms with Gasteiger partial charge in [-0.05, 0) is 12.1 Å². The first-order valence-electron chi connectivity index (χ1n) is 5.29. The van der Waals surface area contributed by atoms with E-state index in [-0.39, 0.29) is 5.78 Å². The maximum absolute atomic E-state index is 12.4. The highest BCUT2D eigenvalue weighted by Crippen LogP contribution is 2.30. The molecule has 0 unspecified atom stereocenters. The lowest BCUT2D eigenvalue weighted by molar-refractivity contribution is 0.102. The number of aryl methyl sites for hydroxylation is 1. The van der Waals surface area contributed by atoms with E-state index in [4.69, 9.17) is 9.47 Å². The van der Waals surface area contributed by atoms with Crippen LogP contribution in [0.2, 0.25) is 0 Å². The van der Waals surface area contributed by atoms with Crippen molar-refractivity contribution in [3.8, 4) is 11.5 Å². The first-order chi connectivity index (χ1) is 8.69. The van der Waals surface area contributed by atoms with Gasteiger partial charge in [-0.1, -0.05) is 11.3 Å². The Hall–Kier alpha value is -2.37. The Bertz CT molecular complexity index is 555. The molecule has 6 nitrogen and oxygen atoms in total. The summed E-state index contributed by atoms with van der Waals surface area (Å²) in [4.78, 5) is 12.4. The molecule has 94 valence electrons. The lowest BCUT2D eigenvalue weighted by Gasteiger charge is -2.11. The minimum absolute atomic E-state index is 0.239. The Morgan fingerprint density at radius 1 is 1.22 bits per heavy atom. The lowest BCUT2D eigenvalue weighted by atomic mass is 10.1. The Balaban J connectivity index is 2.56. The number of carbonyl (C=O) groups excluding carboxylic acids is 1. The fourth-order valence-electron chi connectivity index (χ4n) is 1.70. The van der Waals surface area contributed by atoms with Crippen molar-refractivity contribution in [3.63, 3.8) is 0 Å². The minimum atomic E-state index is -0.239. The molecular formula is C12H13N3O3. The fourth-order valence-corrected chi connectivity index (χ4v) is 1.70. The summed E-state index contributed by atoms with van der Waals surface area (Å²) < 4.78 is 11.8. The molecule has 0 aliphatic rings. The van der Waals surface area contributed by atoms with Crippen LogP contribution in [0, 0.1) is 0 Å². The summed E-state index contributed by atoms with van der Waals surface area (Å²) in [6.45, 7) is 0. The number of nitrogens with zero attached hydrogens (tertiary/aromatic N) is 3. The van der Waals surface area contributed by atoms with Crippen molar-refractivity contribution in [3.05, 3.63) is 35.7 Å². The lowest BCUT2D eigenvalue weighted by Crippen LogP contribution is -2.11. The van der Waals surface area contributed by atoms with Crippen LogP contribution in [-0.2, 0) is 7.05 Å². The molecule has 18 heavy (non-hydrogen) atoms. The topological polar surface area (TPSA) is 66.2 Å². The summed E-state index contributed by atoms with van der Waals surface area (Å²) in [7, 11) is 4.67. The molecule has 2 aromatic rings. The van der Waals surface area contributed by atoms with Crippen LogP contribution < -0.4 is 9.47 Å². The smallest absolute Gasteiger partial charge is 0.220 e. The number of carbonyl (C=O) groups is 1. The summed E-state index contributed by atoms with van der Waals surface area (Å²) in [5.41, 5.74) is 0.741. The third kappa shape index (κ3) is 1.92. The Labute approximate surface area is 104 Å².